The molecule has 0 amide bonds. The lowest BCUT2D eigenvalue weighted by Crippen LogP contribution is -2.45. The van der Waals surface area contributed by atoms with Gasteiger partial charge in [0.05, 0.1) is 6.61 Å². The number of guanidine groups is 1. The van der Waals surface area contributed by atoms with Crippen LogP contribution in [-0.4, -0.2) is 44.2 Å². The third-order valence-electron chi connectivity index (χ3n) is 1.73. The third kappa shape index (κ3) is 4.69. The molecule has 0 bridgehead atoms. The average Bonchev–Trinajstić information content (AvgIpc) is 2.17. The maximum Gasteiger partial charge on any atom is 0.208 e. The summed E-state index contributed by atoms with van der Waals surface area (Å²) in [5.74, 6) is 6.00. The highest BCUT2D eigenvalue weighted by Crippen LogP contribution is 1.88. The lowest BCUT2D eigenvalue weighted by molar-refractivity contribution is 0.132. The average molecular weight is 188 g/mol. The third-order valence-corrected chi connectivity index (χ3v) is 1.73. The van der Waals surface area contributed by atoms with Gasteiger partial charge in [-0.15, -0.1) is 0 Å². The van der Waals surface area contributed by atoms with Gasteiger partial charge in [-0.3, -0.25) is 10.4 Å². The van der Waals surface area contributed by atoms with Crippen molar-refractivity contribution in [3.05, 3.63) is 0 Å². The van der Waals surface area contributed by atoms with Gasteiger partial charge in [0.1, 0.15) is 0 Å². The summed E-state index contributed by atoms with van der Waals surface area (Å²) in [5.41, 5.74) is 2.55. The zero-order valence-electron chi connectivity index (χ0n) is 8.71. The van der Waals surface area contributed by atoms with Crippen molar-refractivity contribution in [2.75, 3.05) is 33.4 Å². The first kappa shape index (κ1) is 12.2. The summed E-state index contributed by atoms with van der Waals surface area (Å²) in [6, 6.07) is 0. The molecule has 0 atom stereocenters. The maximum atomic E-state index is 5.30. The molecule has 0 aliphatic rings. The standard InChI is InChI=1S/C8H20N4O/c1-4-12(6-7-13-5-2)8(10-3)11-9/h4-7,9H2,1-3H3,(H,10,11). The number of hydrogen-bond donors (Lipinski definition) is 2. The van der Waals surface area contributed by atoms with E-state index in [1.54, 1.807) is 7.05 Å². The molecule has 0 aliphatic heterocycles. The maximum absolute atomic E-state index is 5.30. The minimum absolute atomic E-state index is 0.696. The summed E-state index contributed by atoms with van der Waals surface area (Å²) >= 11 is 0. The number of likely N-dealkylation sites (N-methyl/N-ethyl adjacent to an activating group) is 1. The van der Waals surface area contributed by atoms with Crippen LogP contribution >= 0.6 is 0 Å². The van der Waals surface area contributed by atoms with Crippen LogP contribution in [0.3, 0.4) is 0 Å². The Balaban J connectivity index is 3.86. The number of rotatable bonds is 5. The molecular weight excluding hydrogens is 168 g/mol. The minimum Gasteiger partial charge on any atom is -0.380 e. The van der Waals surface area contributed by atoms with Gasteiger partial charge in [0.25, 0.3) is 0 Å². The molecule has 5 nitrogen and oxygen atoms in total. The predicted molar refractivity (Wildman–Crippen MR) is 54.4 cm³/mol. The summed E-state index contributed by atoms with van der Waals surface area (Å²) in [7, 11) is 1.71. The summed E-state index contributed by atoms with van der Waals surface area (Å²) < 4.78 is 5.24. The van der Waals surface area contributed by atoms with Crippen molar-refractivity contribution < 1.29 is 4.74 Å². The van der Waals surface area contributed by atoms with E-state index in [1.165, 1.54) is 0 Å². The second-order valence-corrected chi connectivity index (χ2v) is 2.47. The molecule has 0 aliphatic carbocycles. The Labute approximate surface area is 79.9 Å². The van der Waals surface area contributed by atoms with Gasteiger partial charge >= 0.3 is 0 Å². The van der Waals surface area contributed by atoms with Gasteiger partial charge in [-0.1, -0.05) is 0 Å². The molecule has 5 heteroatoms. The summed E-state index contributed by atoms with van der Waals surface area (Å²) in [5, 5.41) is 0. The smallest absolute Gasteiger partial charge is 0.208 e. The monoisotopic (exact) mass is 188 g/mol. The Morgan fingerprint density at radius 1 is 1.54 bits per heavy atom. The van der Waals surface area contributed by atoms with Crippen LogP contribution in [0.5, 0.6) is 0 Å². The van der Waals surface area contributed by atoms with Crippen LogP contribution < -0.4 is 11.3 Å². The summed E-state index contributed by atoms with van der Waals surface area (Å²) in [4.78, 5) is 6.03. The van der Waals surface area contributed by atoms with E-state index in [0.717, 1.165) is 19.7 Å². The Hall–Kier alpha value is -0.810. The predicted octanol–water partition coefficient (Wildman–Crippen LogP) is -0.206. The van der Waals surface area contributed by atoms with Gasteiger partial charge in [-0.05, 0) is 13.8 Å². The van der Waals surface area contributed by atoms with Gasteiger partial charge in [-0.2, -0.15) is 0 Å². The highest BCUT2D eigenvalue weighted by Gasteiger charge is 2.05. The van der Waals surface area contributed by atoms with Crippen molar-refractivity contribution in [2.24, 2.45) is 10.8 Å². The first-order chi connectivity index (χ1) is 6.29. The van der Waals surface area contributed by atoms with Gasteiger partial charge in [-0.25, -0.2) is 5.84 Å². The summed E-state index contributed by atoms with van der Waals surface area (Å²) in [6.45, 7) is 7.14. The van der Waals surface area contributed by atoms with Gasteiger partial charge < -0.3 is 9.64 Å². The van der Waals surface area contributed by atoms with Crippen LogP contribution in [0.2, 0.25) is 0 Å². The van der Waals surface area contributed by atoms with Crippen molar-refractivity contribution in [3.63, 3.8) is 0 Å². The molecule has 0 radical (unpaired) electrons. The van der Waals surface area contributed by atoms with Crippen molar-refractivity contribution in [2.45, 2.75) is 13.8 Å². The molecule has 78 valence electrons. The van der Waals surface area contributed by atoms with Gasteiger partial charge in [0, 0.05) is 26.7 Å². The van der Waals surface area contributed by atoms with Gasteiger partial charge in [0.2, 0.25) is 5.96 Å². The lowest BCUT2D eigenvalue weighted by atomic mass is 10.5. The fraction of sp³-hybridized carbons (Fsp3) is 0.875. The molecule has 0 unspecified atom stereocenters. The normalized spacial score (nSPS) is 11.5. The highest BCUT2D eigenvalue weighted by molar-refractivity contribution is 5.79. The molecule has 0 spiro atoms. The van der Waals surface area contributed by atoms with Crippen LogP contribution in [0.15, 0.2) is 4.99 Å². The number of hydrazine groups is 1. The molecule has 0 heterocycles. The topological polar surface area (TPSA) is 62.9 Å². The molecule has 13 heavy (non-hydrogen) atoms. The number of hydrogen-bond acceptors (Lipinski definition) is 3. The van der Waals surface area contributed by atoms with E-state index in [1.807, 2.05) is 11.8 Å². The molecule has 0 fully saturated rings. The Morgan fingerprint density at radius 3 is 2.62 bits per heavy atom. The van der Waals surface area contributed by atoms with E-state index in [0.29, 0.717) is 12.6 Å². The molecule has 0 rings (SSSR count). The van der Waals surface area contributed by atoms with Crippen molar-refractivity contribution >= 4 is 5.96 Å². The van der Waals surface area contributed by atoms with Crippen LogP contribution in [0.1, 0.15) is 13.8 Å². The van der Waals surface area contributed by atoms with Gasteiger partial charge in [0.15, 0.2) is 0 Å². The van der Waals surface area contributed by atoms with E-state index >= 15 is 0 Å². The first-order valence-electron chi connectivity index (χ1n) is 4.56. The van der Waals surface area contributed by atoms with Crippen LogP contribution in [0.4, 0.5) is 0 Å². The van der Waals surface area contributed by atoms with Crippen LogP contribution in [-0.2, 0) is 4.74 Å². The molecule has 0 saturated carbocycles. The van der Waals surface area contributed by atoms with E-state index in [-0.39, 0.29) is 0 Å². The molecule has 0 saturated heterocycles. The first-order valence-corrected chi connectivity index (χ1v) is 4.56. The largest absolute Gasteiger partial charge is 0.380 e. The van der Waals surface area contributed by atoms with Crippen molar-refractivity contribution in [1.29, 1.82) is 0 Å². The zero-order chi connectivity index (χ0) is 10.1. The van der Waals surface area contributed by atoms with E-state index in [9.17, 15) is 0 Å². The lowest BCUT2D eigenvalue weighted by Gasteiger charge is -2.23. The Bertz CT molecular complexity index is 149. The minimum atomic E-state index is 0.696. The Morgan fingerprint density at radius 2 is 2.23 bits per heavy atom. The number of nitrogens with zero attached hydrogens (tertiary/aromatic N) is 2. The van der Waals surface area contributed by atoms with Crippen molar-refractivity contribution in [3.8, 4) is 0 Å². The number of nitrogens with one attached hydrogen (secondary N) is 1. The van der Waals surface area contributed by atoms with Crippen LogP contribution in [0, 0.1) is 0 Å². The summed E-state index contributed by atoms with van der Waals surface area (Å²) in [6.07, 6.45) is 0. The number of ether oxygens (including phenoxy) is 1. The molecular formula is C8H20N4O. The van der Waals surface area contributed by atoms with Crippen molar-refractivity contribution in [1.82, 2.24) is 10.3 Å². The van der Waals surface area contributed by atoms with E-state index in [2.05, 4.69) is 17.3 Å². The highest BCUT2D eigenvalue weighted by atomic mass is 16.5. The fourth-order valence-electron chi connectivity index (χ4n) is 1.03. The van der Waals surface area contributed by atoms with E-state index < -0.39 is 0 Å². The van der Waals surface area contributed by atoms with E-state index in [4.69, 9.17) is 10.6 Å². The van der Waals surface area contributed by atoms with Crippen LogP contribution in [0.25, 0.3) is 0 Å². The Kier molecular flexibility index (Phi) is 7.33. The SMILES string of the molecule is CCOCCN(CC)C(=NC)NN. The quantitative estimate of drug-likeness (QED) is 0.206. The molecule has 0 aromatic carbocycles. The fourth-order valence-corrected chi connectivity index (χ4v) is 1.03. The number of aliphatic imine (C=N–C) groups is 1. The zero-order valence-corrected chi connectivity index (χ0v) is 8.71. The molecule has 3 N–H and O–H groups in total. The number of nitrogens with two attached hydrogens (primary N) is 1. The second kappa shape index (κ2) is 7.82. The second-order valence-electron chi connectivity index (χ2n) is 2.47. The molecule has 0 aromatic rings. The molecule has 0 aromatic heterocycles.